The minimum atomic E-state index is -0.919. The van der Waals surface area contributed by atoms with E-state index in [-0.39, 0.29) is 5.69 Å². The molecule has 1 amide bonds. The van der Waals surface area contributed by atoms with E-state index in [4.69, 9.17) is 4.74 Å². The summed E-state index contributed by atoms with van der Waals surface area (Å²) in [5.41, 5.74) is 3.24. The summed E-state index contributed by atoms with van der Waals surface area (Å²) in [6, 6.07) is 25.7. The molecule has 182 valence electrons. The maximum Gasteiger partial charge on any atom is 0.412 e. The van der Waals surface area contributed by atoms with Crippen LogP contribution in [-0.4, -0.2) is 17.2 Å². The molecule has 1 aliphatic carbocycles. The van der Waals surface area contributed by atoms with E-state index in [2.05, 4.69) is 5.32 Å². The molecule has 36 heavy (non-hydrogen) atoms. The van der Waals surface area contributed by atoms with Crippen LogP contribution in [0.15, 0.2) is 84.9 Å². The summed E-state index contributed by atoms with van der Waals surface area (Å²) < 4.78 is 20.1. The van der Waals surface area contributed by atoms with Gasteiger partial charge in [0.1, 0.15) is 6.10 Å². The molecule has 0 saturated heterocycles. The summed E-state index contributed by atoms with van der Waals surface area (Å²) in [5.74, 6) is -0.866. The van der Waals surface area contributed by atoms with Gasteiger partial charge in [-0.3, -0.25) is 10.1 Å². The Bertz CT molecular complexity index is 1410. The molecule has 1 aromatic heterocycles. The van der Waals surface area contributed by atoms with E-state index in [1.807, 2.05) is 78.9 Å². The number of anilines is 1. The van der Waals surface area contributed by atoms with Crippen molar-refractivity contribution in [2.24, 2.45) is 0 Å². The first kappa shape index (κ1) is 23.8. The number of nitrogens with one attached hydrogen (secondary N) is 1. The Morgan fingerprint density at radius 2 is 1.64 bits per heavy atom. The highest BCUT2D eigenvalue weighted by molar-refractivity contribution is 7.14. The molecule has 1 atom stereocenters. The van der Waals surface area contributed by atoms with Crippen LogP contribution >= 0.6 is 11.3 Å². The lowest BCUT2D eigenvalue weighted by molar-refractivity contribution is -0.140. The molecule has 1 fully saturated rings. The number of hydrogen-bond acceptors (Lipinski definition) is 4. The van der Waals surface area contributed by atoms with Gasteiger partial charge >= 0.3 is 12.1 Å². The highest BCUT2D eigenvalue weighted by atomic mass is 32.1. The molecule has 0 aliphatic heterocycles. The molecule has 1 heterocycles. The maximum atomic E-state index is 14.6. The molecular formula is C29H24FNO4S. The van der Waals surface area contributed by atoms with E-state index < -0.39 is 28.7 Å². The number of thiophene rings is 1. The van der Waals surface area contributed by atoms with Crippen molar-refractivity contribution < 1.29 is 23.8 Å². The first-order valence-corrected chi connectivity index (χ1v) is 12.4. The van der Waals surface area contributed by atoms with Crippen molar-refractivity contribution in [1.29, 1.82) is 0 Å². The highest BCUT2D eigenvalue weighted by Gasteiger charge is 2.51. The van der Waals surface area contributed by atoms with Crippen molar-refractivity contribution in [3.63, 3.8) is 0 Å². The fourth-order valence-corrected chi connectivity index (χ4v) is 5.27. The second kappa shape index (κ2) is 9.59. The van der Waals surface area contributed by atoms with Gasteiger partial charge in [0.25, 0.3) is 0 Å². The molecule has 2 N–H and O–H groups in total. The summed E-state index contributed by atoms with van der Waals surface area (Å²) in [5, 5.41) is 12.1. The number of ether oxygens (including phenoxy) is 1. The first-order valence-electron chi connectivity index (χ1n) is 11.6. The van der Waals surface area contributed by atoms with Crippen molar-refractivity contribution >= 4 is 29.1 Å². The minimum Gasteiger partial charge on any atom is -0.481 e. The summed E-state index contributed by atoms with van der Waals surface area (Å²) in [6.07, 6.45) is -0.0845. The van der Waals surface area contributed by atoms with Crippen LogP contribution in [0.4, 0.5) is 14.9 Å². The van der Waals surface area contributed by atoms with Crippen molar-refractivity contribution in [3.05, 3.63) is 101 Å². The van der Waals surface area contributed by atoms with Gasteiger partial charge in [0.2, 0.25) is 0 Å². The van der Waals surface area contributed by atoms with E-state index in [1.165, 1.54) is 6.07 Å². The number of carboxylic acids is 1. The van der Waals surface area contributed by atoms with Crippen LogP contribution < -0.4 is 5.32 Å². The number of carbonyl (C=O) groups excluding carboxylic acids is 1. The summed E-state index contributed by atoms with van der Waals surface area (Å²) in [6.45, 7) is 1.77. The van der Waals surface area contributed by atoms with Gasteiger partial charge in [0, 0.05) is 11.6 Å². The molecule has 1 aliphatic rings. The Morgan fingerprint density at radius 3 is 2.28 bits per heavy atom. The number of carboxylic acid groups (broad SMARTS) is 1. The second-order valence-corrected chi connectivity index (χ2v) is 9.89. The Kier molecular flexibility index (Phi) is 6.33. The van der Waals surface area contributed by atoms with Crippen LogP contribution in [0.3, 0.4) is 0 Å². The number of hydrogen-bond donors (Lipinski definition) is 2. The third-order valence-corrected chi connectivity index (χ3v) is 7.51. The average Bonchev–Trinajstić information content (AvgIpc) is 3.63. The van der Waals surface area contributed by atoms with Gasteiger partial charge in [-0.05, 0) is 48.1 Å². The van der Waals surface area contributed by atoms with Gasteiger partial charge in [0.15, 0.2) is 5.13 Å². The molecule has 5 rings (SSSR count). The van der Waals surface area contributed by atoms with Crippen LogP contribution in [0, 0.1) is 5.13 Å². The molecule has 0 spiro atoms. The van der Waals surface area contributed by atoms with E-state index in [1.54, 1.807) is 6.92 Å². The molecule has 1 unspecified atom stereocenters. The zero-order chi connectivity index (χ0) is 25.3. The Morgan fingerprint density at radius 1 is 0.972 bits per heavy atom. The topological polar surface area (TPSA) is 75.6 Å². The van der Waals surface area contributed by atoms with E-state index in [9.17, 15) is 19.1 Å². The quantitative estimate of drug-likeness (QED) is 0.273. The molecule has 4 aromatic rings. The smallest absolute Gasteiger partial charge is 0.412 e. The van der Waals surface area contributed by atoms with Crippen molar-refractivity contribution in [3.8, 4) is 21.6 Å². The second-order valence-electron chi connectivity index (χ2n) is 8.89. The lowest BCUT2D eigenvalue weighted by Gasteiger charge is -2.17. The zero-order valence-electron chi connectivity index (χ0n) is 19.5. The Labute approximate surface area is 212 Å². The minimum absolute atomic E-state index is 0.275. The summed E-state index contributed by atoms with van der Waals surface area (Å²) >= 11 is 0.897. The van der Waals surface area contributed by atoms with Gasteiger partial charge in [0.05, 0.1) is 16.0 Å². The van der Waals surface area contributed by atoms with Gasteiger partial charge in [-0.25, -0.2) is 4.79 Å². The number of rotatable bonds is 7. The predicted molar refractivity (Wildman–Crippen MR) is 139 cm³/mol. The van der Waals surface area contributed by atoms with Crippen LogP contribution in [-0.2, 0) is 14.9 Å². The van der Waals surface area contributed by atoms with Gasteiger partial charge in [-0.15, -0.1) is 11.3 Å². The maximum absolute atomic E-state index is 14.6. The molecule has 1 saturated carbocycles. The molecular weight excluding hydrogens is 477 g/mol. The van der Waals surface area contributed by atoms with Gasteiger partial charge in [-0.2, -0.15) is 4.39 Å². The van der Waals surface area contributed by atoms with E-state index >= 15 is 0 Å². The largest absolute Gasteiger partial charge is 0.481 e. The number of benzene rings is 3. The zero-order valence-corrected chi connectivity index (χ0v) is 20.3. The van der Waals surface area contributed by atoms with E-state index in [0.29, 0.717) is 28.8 Å². The molecule has 3 aromatic carbocycles. The molecule has 0 bridgehead atoms. The van der Waals surface area contributed by atoms with Crippen LogP contribution in [0.2, 0.25) is 0 Å². The number of aliphatic carboxylic acids is 1. The van der Waals surface area contributed by atoms with Gasteiger partial charge in [-0.1, -0.05) is 72.8 Å². The Balaban J connectivity index is 1.52. The predicted octanol–water partition coefficient (Wildman–Crippen LogP) is 7.65. The number of halogens is 1. The molecule has 0 radical (unpaired) electrons. The lowest BCUT2D eigenvalue weighted by atomic mass is 9.89. The van der Waals surface area contributed by atoms with Crippen LogP contribution in [0.25, 0.3) is 21.6 Å². The monoisotopic (exact) mass is 501 g/mol. The SMILES string of the molecule is CC(OC(=O)Nc1cc(F)sc1-c1cc(C2(C(=O)O)CC2)ccc1-c1ccccc1)c1ccccc1. The van der Waals surface area contributed by atoms with Crippen molar-refractivity contribution in [2.45, 2.75) is 31.3 Å². The lowest BCUT2D eigenvalue weighted by Crippen LogP contribution is -2.19. The average molecular weight is 502 g/mol. The third kappa shape index (κ3) is 4.62. The first-order chi connectivity index (χ1) is 17.4. The standard InChI is InChI=1S/C29H24FNO4S/c1-18(19-8-4-2-5-9-19)35-28(34)31-24-17-25(30)36-26(24)23-16-21(29(14-15-29)27(32)33)12-13-22(23)20-10-6-3-7-11-20/h2-13,16-18H,14-15H2,1H3,(H,31,34)(H,32,33). The summed E-state index contributed by atoms with van der Waals surface area (Å²) in [4.78, 5) is 25.2. The highest BCUT2D eigenvalue weighted by Crippen LogP contribution is 2.51. The normalized spacial score (nSPS) is 14.6. The van der Waals surface area contributed by atoms with Crippen molar-refractivity contribution in [1.82, 2.24) is 0 Å². The molecule has 5 nitrogen and oxygen atoms in total. The number of amides is 1. The fourth-order valence-electron chi connectivity index (χ4n) is 4.40. The third-order valence-electron chi connectivity index (χ3n) is 6.55. The number of carbonyl (C=O) groups is 2. The van der Waals surface area contributed by atoms with Crippen LogP contribution in [0.5, 0.6) is 0 Å². The summed E-state index contributed by atoms with van der Waals surface area (Å²) in [7, 11) is 0. The van der Waals surface area contributed by atoms with Gasteiger partial charge < -0.3 is 9.84 Å². The van der Waals surface area contributed by atoms with Crippen LogP contribution in [0.1, 0.15) is 37.0 Å². The molecule has 7 heteroatoms. The van der Waals surface area contributed by atoms with E-state index in [0.717, 1.165) is 28.0 Å². The Hall–Kier alpha value is -3.97. The fraction of sp³-hybridized carbons (Fsp3) is 0.172. The van der Waals surface area contributed by atoms with Crippen molar-refractivity contribution in [2.75, 3.05) is 5.32 Å².